The van der Waals surface area contributed by atoms with E-state index in [4.69, 9.17) is 0 Å². The Hall–Kier alpha value is -3.65. The third kappa shape index (κ3) is 5.78. The topological polar surface area (TPSA) is 95.6 Å². The van der Waals surface area contributed by atoms with Crippen LogP contribution in [0.1, 0.15) is 40.1 Å². The van der Waals surface area contributed by atoms with Crippen molar-refractivity contribution in [2.24, 2.45) is 0 Å². The molecule has 0 atom stereocenters. The van der Waals surface area contributed by atoms with Crippen molar-refractivity contribution in [2.45, 2.75) is 25.7 Å². The van der Waals surface area contributed by atoms with E-state index in [1.165, 1.54) is 24.3 Å². The first-order chi connectivity index (χ1) is 15.7. The predicted octanol–water partition coefficient (Wildman–Crippen LogP) is 4.53. The zero-order chi connectivity index (χ0) is 24.0. The van der Waals surface area contributed by atoms with E-state index < -0.39 is 10.0 Å². The number of carbonyl (C=O) groups excluding carboxylic acids is 2. The molecule has 0 radical (unpaired) electrons. The molecule has 0 aliphatic heterocycles. The van der Waals surface area contributed by atoms with Crippen LogP contribution >= 0.6 is 0 Å². The predicted molar refractivity (Wildman–Crippen MR) is 130 cm³/mol. The molecule has 3 rings (SSSR count). The largest absolute Gasteiger partial charge is 0.339 e. The van der Waals surface area contributed by atoms with Gasteiger partial charge >= 0.3 is 0 Å². The summed E-state index contributed by atoms with van der Waals surface area (Å²) in [6.45, 7) is 6.91. The number of rotatable bonds is 8. The number of aryl methyl sites for hydroxylation is 1. The summed E-state index contributed by atoms with van der Waals surface area (Å²) < 4.78 is 27.9. The van der Waals surface area contributed by atoms with Crippen LogP contribution in [-0.4, -0.2) is 38.2 Å². The Morgan fingerprint density at radius 3 is 1.97 bits per heavy atom. The normalized spacial score (nSPS) is 11.0. The zero-order valence-corrected chi connectivity index (χ0v) is 19.6. The molecule has 3 aromatic rings. The maximum atomic E-state index is 12.7. The van der Waals surface area contributed by atoms with Crippen molar-refractivity contribution in [1.82, 2.24) is 4.90 Å². The minimum absolute atomic E-state index is 0.0570. The van der Waals surface area contributed by atoms with E-state index in [0.717, 1.165) is 5.56 Å². The Morgan fingerprint density at radius 2 is 1.39 bits per heavy atom. The van der Waals surface area contributed by atoms with Gasteiger partial charge in [-0.3, -0.25) is 14.3 Å². The lowest BCUT2D eigenvalue weighted by Gasteiger charge is -2.18. The molecule has 0 aliphatic rings. The Labute approximate surface area is 194 Å². The summed E-state index contributed by atoms with van der Waals surface area (Å²) in [5.41, 5.74) is 2.71. The molecule has 3 aromatic carbocycles. The number of nitrogens with zero attached hydrogens (tertiary/aromatic N) is 1. The first-order valence-electron chi connectivity index (χ1n) is 10.6. The van der Waals surface area contributed by atoms with Crippen LogP contribution in [0, 0.1) is 6.92 Å². The van der Waals surface area contributed by atoms with E-state index in [1.54, 1.807) is 41.3 Å². The van der Waals surface area contributed by atoms with Gasteiger partial charge in [-0.2, -0.15) is 0 Å². The fourth-order valence-electron chi connectivity index (χ4n) is 3.27. The molecule has 0 saturated carbocycles. The molecule has 0 aliphatic carbocycles. The van der Waals surface area contributed by atoms with Crippen molar-refractivity contribution in [3.05, 3.63) is 89.5 Å². The molecular formula is C25H27N3O4S. The van der Waals surface area contributed by atoms with Gasteiger partial charge in [0, 0.05) is 29.9 Å². The highest BCUT2D eigenvalue weighted by atomic mass is 32.2. The van der Waals surface area contributed by atoms with Gasteiger partial charge < -0.3 is 10.2 Å². The van der Waals surface area contributed by atoms with Crippen molar-refractivity contribution in [3.8, 4) is 0 Å². The van der Waals surface area contributed by atoms with Crippen molar-refractivity contribution < 1.29 is 18.0 Å². The minimum atomic E-state index is -3.78. The van der Waals surface area contributed by atoms with Gasteiger partial charge in [0.1, 0.15) is 0 Å². The second kappa shape index (κ2) is 10.3. The van der Waals surface area contributed by atoms with E-state index in [2.05, 4.69) is 10.0 Å². The molecule has 0 spiro atoms. The molecule has 7 nitrogen and oxygen atoms in total. The number of amides is 2. The maximum Gasteiger partial charge on any atom is 0.261 e. The molecule has 0 heterocycles. The maximum absolute atomic E-state index is 12.7. The zero-order valence-electron chi connectivity index (χ0n) is 18.8. The first kappa shape index (κ1) is 24.0. The molecule has 0 saturated heterocycles. The SMILES string of the molecule is CCN(CC)C(=O)c1ccc(NC(=O)c2ccc(S(=O)(=O)Nc3ccccc3C)cc2)cc1. The van der Waals surface area contributed by atoms with E-state index in [9.17, 15) is 18.0 Å². The highest BCUT2D eigenvalue weighted by molar-refractivity contribution is 7.92. The van der Waals surface area contributed by atoms with Crippen LogP contribution in [0.2, 0.25) is 0 Å². The van der Waals surface area contributed by atoms with E-state index in [-0.39, 0.29) is 16.7 Å². The number of benzene rings is 3. The molecule has 2 N–H and O–H groups in total. The summed E-state index contributed by atoms with van der Waals surface area (Å²) in [5.74, 6) is -0.442. The number of nitrogens with one attached hydrogen (secondary N) is 2. The van der Waals surface area contributed by atoms with Crippen LogP contribution in [0.15, 0.2) is 77.7 Å². The summed E-state index contributed by atoms with van der Waals surface area (Å²) >= 11 is 0. The van der Waals surface area contributed by atoms with Gasteiger partial charge in [0.15, 0.2) is 0 Å². The quantitative estimate of drug-likeness (QED) is 0.511. The summed E-state index contributed by atoms with van der Waals surface area (Å²) in [6, 6.07) is 19.5. The molecule has 2 amide bonds. The van der Waals surface area contributed by atoms with Crippen LogP contribution in [-0.2, 0) is 10.0 Å². The standard InChI is InChI=1S/C25H27N3O4S/c1-4-28(5-2)25(30)20-10-14-21(15-11-20)26-24(29)19-12-16-22(17-13-19)33(31,32)27-23-9-7-6-8-18(23)3/h6-17,27H,4-5H2,1-3H3,(H,26,29). The molecule has 0 unspecified atom stereocenters. The van der Waals surface area contributed by atoms with Crippen LogP contribution in [0.3, 0.4) is 0 Å². The lowest BCUT2D eigenvalue weighted by molar-refractivity contribution is 0.0773. The van der Waals surface area contributed by atoms with Crippen molar-refractivity contribution in [1.29, 1.82) is 0 Å². The van der Waals surface area contributed by atoms with Crippen molar-refractivity contribution >= 4 is 33.2 Å². The van der Waals surface area contributed by atoms with Gasteiger partial charge in [0.2, 0.25) is 0 Å². The summed E-state index contributed by atoms with van der Waals surface area (Å²) in [4.78, 5) is 26.7. The van der Waals surface area contributed by atoms with Gasteiger partial charge in [-0.1, -0.05) is 18.2 Å². The number of para-hydroxylation sites is 1. The highest BCUT2D eigenvalue weighted by Gasteiger charge is 2.17. The Kier molecular flexibility index (Phi) is 7.50. The van der Waals surface area contributed by atoms with E-state index in [1.807, 2.05) is 32.9 Å². The summed E-state index contributed by atoms with van der Waals surface area (Å²) in [7, 11) is -3.78. The Balaban J connectivity index is 1.68. The van der Waals surface area contributed by atoms with Crippen molar-refractivity contribution in [3.63, 3.8) is 0 Å². The number of hydrogen-bond donors (Lipinski definition) is 2. The van der Waals surface area contributed by atoms with Gasteiger partial charge in [0.05, 0.1) is 10.6 Å². The second-order valence-corrected chi connectivity index (χ2v) is 9.14. The smallest absolute Gasteiger partial charge is 0.261 e. The molecule has 33 heavy (non-hydrogen) atoms. The Morgan fingerprint density at radius 1 is 0.818 bits per heavy atom. The second-order valence-electron chi connectivity index (χ2n) is 7.45. The fraction of sp³-hybridized carbons (Fsp3) is 0.200. The molecule has 8 heteroatoms. The molecule has 0 fully saturated rings. The van der Waals surface area contributed by atoms with Gasteiger partial charge in [-0.25, -0.2) is 8.42 Å². The van der Waals surface area contributed by atoms with E-state index in [0.29, 0.717) is 35.6 Å². The molecular weight excluding hydrogens is 438 g/mol. The number of hydrogen-bond acceptors (Lipinski definition) is 4. The average Bonchev–Trinajstić information content (AvgIpc) is 2.81. The monoisotopic (exact) mass is 465 g/mol. The van der Waals surface area contributed by atoms with Gasteiger partial charge in [-0.15, -0.1) is 0 Å². The number of sulfonamides is 1. The minimum Gasteiger partial charge on any atom is -0.339 e. The fourth-order valence-corrected chi connectivity index (χ4v) is 4.40. The highest BCUT2D eigenvalue weighted by Crippen LogP contribution is 2.20. The molecule has 0 aromatic heterocycles. The van der Waals surface area contributed by atoms with Gasteiger partial charge in [0.25, 0.3) is 21.8 Å². The molecule has 0 bridgehead atoms. The Bertz CT molecular complexity index is 1230. The number of anilines is 2. The third-order valence-electron chi connectivity index (χ3n) is 5.26. The van der Waals surface area contributed by atoms with Crippen molar-refractivity contribution in [2.75, 3.05) is 23.1 Å². The lowest BCUT2D eigenvalue weighted by atomic mass is 10.1. The third-order valence-corrected chi connectivity index (χ3v) is 6.64. The first-order valence-corrected chi connectivity index (χ1v) is 12.1. The molecule has 172 valence electrons. The van der Waals surface area contributed by atoms with Crippen LogP contribution in [0.4, 0.5) is 11.4 Å². The average molecular weight is 466 g/mol. The summed E-state index contributed by atoms with van der Waals surface area (Å²) in [5, 5.41) is 2.76. The summed E-state index contributed by atoms with van der Waals surface area (Å²) in [6.07, 6.45) is 0. The van der Waals surface area contributed by atoms with Crippen LogP contribution in [0.25, 0.3) is 0 Å². The van der Waals surface area contributed by atoms with Gasteiger partial charge in [-0.05, 0) is 80.9 Å². The number of carbonyl (C=O) groups is 2. The lowest BCUT2D eigenvalue weighted by Crippen LogP contribution is -2.30. The van der Waals surface area contributed by atoms with E-state index >= 15 is 0 Å². The van der Waals surface area contributed by atoms with Crippen LogP contribution in [0.5, 0.6) is 0 Å². The van der Waals surface area contributed by atoms with Crippen LogP contribution < -0.4 is 10.0 Å².